The minimum Gasteiger partial charge on any atom is -0.379 e. The third kappa shape index (κ3) is 3.70. The lowest BCUT2D eigenvalue weighted by atomic mass is 10.1. The van der Waals surface area contributed by atoms with Crippen LogP contribution in [0.1, 0.15) is 11.3 Å². The van der Waals surface area contributed by atoms with Crippen molar-refractivity contribution in [2.75, 3.05) is 5.32 Å². The molecule has 1 aromatic heterocycles. The number of anilines is 1. The summed E-state index contributed by atoms with van der Waals surface area (Å²) in [5, 5.41) is 2.76. The lowest BCUT2D eigenvalue weighted by molar-refractivity contribution is -0.137. The molecule has 0 aliphatic rings. The Bertz CT molecular complexity index is 556. The van der Waals surface area contributed by atoms with Crippen LogP contribution in [0.15, 0.2) is 47.1 Å². The topological polar surface area (TPSA) is 24.9 Å². The fourth-order valence-corrected chi connectivity index (χ4v) is 1.95. The molecular weight excluding hydrogens is 321 g/mol. The molecule has 0 amide bonds. The Kier molecular flexibility index (Phi) is 4.09. The van der Waals surface area contributed by atoms with Gasteiger partial charge < -0.3 is 5.32 Å². The van der Waals surface area contributed by atoms with Crippen LogP contribution in [0.4, 0.5) is 18.9 Å². The van der Waals surface area contributed by atoms with Crippen LogP contribution in [0.3, 0.4) is 0 Å². The van der Waals surface area contributed by atoms with Gasteiger partial charge in [-0.1, -0.05) is 22.0 Å². The van der Waals surface area contributed by atoms with Crippen LogP contribution in [-0.4, -0.2) is 4.98 Å². The summed E-state index contributed by atoms with van der Waals surface area (Å²) in [6.07, 6.45) is -2.79. The number of rotatable bonds is 3. The fraction of sp³-hybridized carbons (Fsp3) is 0.154. The highest BCUT2D eigenvalue weighted by molar-refractivity contribution is 9.10. The van der Waals surface area contributed by atoms with E-state index in [0.29, 0.717) is 10.2 Å². The number of aromatic nitrogens is 1. The second-order valence-electron chi connectivity index (χ2n) is 3.86. The summed E-state index contributed by atoms with van der Waals surface area (Å²) < 4.78 is 39.0. The number of pyridine rings is 1. The maximum Gasteiger partial charge on any atom is 0.418 e. The summed E-state index contributed by atoms with van der Waals surface area (Å²) in [6.45, 7) is 0.242. The number of alkyl halides is 3. The highest BCUT2D eigenvalue weighted by Crippen LogP contribution is 2.36. The first-order valence-electron chi connectivity index (χ1n) is 5.47. The number of halogens is 4. The average Bonchev–Trinajstić information content (AvgIpc) is 2.37. The Morgan fingerprint density at radius 1 is 1.16 bits per heavy atom. The van der Waals surface area contributed by atoms with Crippen LogP contribution in [0.2, 0.25) is 0 Å². The first-order valence-corrected chi connectivity index (χ1v) is 6.26. The molecule has 2 nitrogen and oxygen atoms in total. The van der Waals surface area contributed by atoms with Crippen LogP contribution in [-0.2, 0) is 12.7 Å². The second kappa shape index (κ2) is 5.61. The highest BCUT2D eigenvalue weighted by Gasteiger charge is 2.33. The van der Waals surface area contributed by atoms with Crippen molar-refractivity contribution in [1.29, 1.82) is 0 Å². The standard InChI is InChI=1S/C13H10BrF3N2/c14-9-4-5-12(11(7-9)13(15,16)17)19-8-10-3-1-2-6-18-10/h1-7,19H,8H2. The molecule has 100 valence electrons. The average molecular weight is 331 g/mol. The molecule has 1 aromatic carbocycles. The number of hydrogen-bond acceptors (Lipinski definition) is 2. The van der Waals surface area contributed by atoms with Crippen LogP contribution in [0.5, 0.6) is 0 Å². The van der Waals surface area contributed by atoms with Gasteiger partial charge in [0.1, 0.15) is 0 Å². The van der Waals surface area contributed by atoms with Gasteiger partial charge in [0.05, 0.1) is 17.8 Å². The zero-order valence-electron chi connectivity index (χ0n) is 9.71. The van der Waals surface area contributed by atoms with E-state index in [1.807, 2.05) is 0 Å². The second-order valence-corrected chi connectivity index (χ2v) is 4.78. The van der Waals surface area contributed by atoms with E-state index in [2.05, 4.69) is 26.2 Å². The van der Waals surface area contributed by atoms with Crippen LogP contribution < -0.4 is 5.32 Å². The lowest BCUT2D eigenvalue weighted by Crippen LogP contribution is -2.11. The Morgan fingerprint density at radius 2 is 1.95 bits per heavy atom. The third-order valence-corrected chi connectivity index (χ3v) is 2.97. The normalized spacial score (nSPS) is 11.4. The van der Waals surface area contributed by atoms with E-state index in [9.17, 15) is 13.2 Å². The van der Waals surface area contributed by atoms with Gasteiger partial charge >= 0.3 is 6.18 Å². The molecule has 0 spiro atoms. The minimum atomic E-state index is -4.39. The Morgan fingerprint density at radius 3 is 2.58 bits per heavy atom. The molecule has 0 unspecified atom stereocenters. The fourth-order valence-electron chi connectivity index (χ4n) is 1.59. The van der Waals surface area contributed by atoms with Gasteiger partial charge in [-0.05, 0) is 30.3 Å². The van der Waals surface area contributed by atoms with Gasteiger partial charge in [0.2, 0.25) is 0 Å². The number of hydrogen-bond donors (Lipinski definition) is 1. The highest BCUT2D eigenvalue weighted by atomic mass is 79.9. The predicted octanol–water partition coefficient (Wildman–Crippen LogP) is 4.48. The molecule has 0 saturated heterocycles. The molecule has 0 bridgehead atoms. The van der Waals surface area contributed by atoms with E-state index in [-0.39, 0.29) is 12.2 Å². The van der Waals surface area contributed by atoms with Crippen molar-refractivity contribution in [2.24, 2.45) is 0 Å². The van der Waals surface area contributed by atoms with Crippen LogP contribution in [0, 0.1) is 0 Å². The Labute approximate surface area is 116 Å². The summed E-state index contributed by atoms with van der Waals surface area (Å²) >= 11 is 3.04. The van der Waals surface area contributed by atoms with E-state index in [1.165, 1.54) is 6.07 Å². The van der Waals surface area contributed by atoms with E-state index in [4.69, 9.17) is 0 Å². The lowest BCUT2D eigenvalue weighted by Gasteiger charge is -2.14. The molecule has 0 aliphatic carbocycles. The SMILES string of the molecule is FC(F)(F)c1cc(Br)ccc1NCc1ccccn1. The monoisotopic (exact) mass is 330 g/mol. The molecule has 0 fully saturated rings. The van der Waals surface area contributed by atoms with Gasteiger partial charge in [0, 0.05) is 16.4 Å². The quantitative estimate of drug-likeness (QED) is 0.897. The van der Waals surface area contributed by atoms with Crippen molar-refractivity contribution < 1.29 is 13.2 Å². The molecule has 6 heteroatoms. The predicted molar refractivity (Wildman–Crippen MR) is 70.7 cm³/mol. The minimum absolute atomic E-state index is 0.0429. The largest absolute Gasteiger partial charge is 0.418 e. The third-order valence-electron chi connectivity index (χ3n) is 2.47. The number of nitrogens with zero attached hydrogens (tertiary/aromatic N) is 1. The summed E-state index contributed by atoms with van der Waals surface area (Å²) in [5.41, 5.74) is 0.0257. The molecule has 0 saturated carbocycles. The van der Waals surface area contributed by atoms with Gasteiger partial charge in [-0.3, -0.25) is 4.98 Å². The Hall–Kier alpha value is -1.56. The zero-order valence-corrected chi connectivity index (χ0v) is 11.3. The Balaban J connectivity index is 2.21. The van der Waals surface area contributed by atoms with Crippen LogP contribution >= 0.6 is 15.9 Å². The summed E-state index contributed by atoms with van der Waals surface area (Å²) in [4.78, 5) is 4.05. The summed E-state index contributed by atoms with van der Waals surface area (Å²) in [7, 11) is 0. The summed E-state index contributed by atoms with van der Waals surface area (Å²) in [5.74, 6) is 0. The van der Waals surface area contributed by atoms with Gasteiger partial charge in [-0.15, -0.1) is 0 Å². The molecule has 19 heavy (non-hydrogen) atoms. The molecule has 2 rings (SSSR count). The molecule has 2 aromatic rings. The number of nitrogens with one attached hydrogen (secondary N) is 1. The van der Waals surface area contributed by atoms with E-state index >= 15 is 0 Å². The molecule has 0 aliphatic heterocycles. The van der Waals surface area contributed by atoms with Crippen molar-refractivity contribution >= 4 is 21.6 Å². The maximum absolute atomic E-state index is 12.9. The van der Waals surface area contributed by atoms with Crippen molar-refractivity contribution in [1.82, 2.24) is 4.98 Å². The first-order chi connectivity index (χ1) is 8.97. The van der Waals surface area contributed by atoms with E-state index in [1.54, 1.807) is 30.5 Å². The first kappa shape index (κ1) is 13.9. The van der Waals surface area contributed by atoms with Crippen molar-refractivity contribution in [3.8, 4) is 0 Å². The van der Waals surface area contributed by atoms with Gasteiger partial charge in [-0.25, -0.2) is 0 Å². The van der Waals surface area contributed by atoms with Gasteiger partial charge in [0.15, 0.2) is 0 Å². The summed E-state index contributed by atoms with van der Waals surface area (Å²) in [6, 6.07) is 9.31. The maximum atomic E-state index is 12.9. The molecule has 1 N–H and O–H groups in total. The smallest absolute Gasteiger partial charge is 0.379 e. The van der Waals surface area contributed by atoms with E-state index in [0.717, 1.165) is 6.07 Å². The van der Waals surface area contributed by atoms with Crippen LogP contribution in [0.25, 0.3) is 0 Å². The van der Waals surface area contributed by atoms with E-state index < -0.39 is 11.7 Å². The zero-order chi connectivity index (χ0) is 13.9. The van der Waals surface area contributed by atoms with Crippen molar-refractivity contribution in [3.05, 3.63) is 58.3 Å². The van der Waals surface area contributed by atoms with Gasteiger partial charge in [-0.2, -0.15) is 13.2 Å². The number of benzene rings is 1. The molecule has 0 radical (unpaired) electrons. The van der Waals surface area contributed by atoms with Crippen molar-refractivity contribution in [3.63, 3.8) is 0 Å². The van der Waals surface area contributed by atoms with Crippen molar-refractivity contribution in [2.45, 2.75) is 12.7 Å². The molecule has 0 atom stereocenters. The molecule has 1 heterocycles. The molecular formula is C13H10BrF3N2. The van der Waals surface area contributed by atoms with Gasteiger partial charge in [0.25, 0.3) is 0 Å².